The summed E-state index contributed by atoms with van der Waals surface area (Å²) in [5, 5.41) is 0. The molecule has 0 bridgehead atoms. The first-order valence-electron chi connectivity index (χ1n) is 5.38. The topological polar surface area (TPSA) is 75.3 Å². The summed E-state index contributed by atoms with van der Waals surface area (Å²) in [6.45, 7) is 3.73. The van der Waals surface area contributed by atoms with Crippen LogP contribution in [0.15, 0.2) is 4.79 Å². The van der Waals surface area contributed by atoms with Crippen molar-refractivity contribution in [2.24, 2.45) is 0 Å². The number of ether oxygens (including phenoxy) is 1. The van der Waals surface area contributed by atoms with Crippen LogP contribution in [0, 0.1) is 6.92 Å². The second-order valence-corrected chi connectivity index (χ2v) is 3.83. The molecule has 0 aromatic carbocycles. The number of carbonyl (C=O) groups is 1. The Balaban J connectivity index is 3.02. The van der Waals surface area contributed by atoms with Gasteiger partial charge in [0.05, 0.1) is 18.7 Å². The number of aryl methyl sites for hydroxylation is 1. The summed E-state index contributed by atoms with van der Waals surface area (Å²) in [6, 6.07) is 0. The van der Waals surface area contributed by atoms with E-state index in [2.05, 4.69) is 9.97 Å². The van der Waals surface area contributed by atoms with Gasteiger partial charge in [-0.2, -0.15) is 0 Å². The average Bonchev–Trinajstić information content (AvgIpc) is 2.23. The fourth-order valence-electron chi connectivity index (χ4n) is 1.37. The molecule has 0 spiro atoms. The number of hydrogen-bond donors (Lipinski definition) is 1. The van der Waals surface area contributed by atoms with Gasteiger partial charge in [-0.3, -0.25) is 14.6 Å². The van der Waals surface area contributed by atoms with Crippen LogP contribution >= 0.6 is 0 Å². The van der Waals surface area contributed by atoms with Crippen molar-refractivity contribution in [3.63, 3.8) is 0 Å². The fourth-order valence-corrected chi connectivity index (χ4v) is 1.37. The number of esters is 1. The number of anilines is 1. The third-order valence-electron chi connectivity index (χ3n) is 2.26. The zero-order valence-corrected chi connectivity index (χ0v) is 10.5. The quantitative estimate of drug-likeness (QED) is 0.762. The summed E-state index contributed by atoms with van der Waals surface area (Å²) in [6.07, 6.45) is -0.0459. The summed E-state index contributed by atoms with van der Waals surface area (Å²) in [4.78, 5) is 31.6. The maximum atomic E-state index is 11.8. The minimum atomic E-state index is -0.416. The van der Waals surface area contributed by atoms with E-state index in [1.165, 1.54) is 0 Å². The molecule has 1 rings (SSSR count). The summed E-state index contributed by atoms with van der Waals surface area (Å²) < 4.78 is 4.80. The molecule has 0 amide bonds. The summed E-state index contributed by atoms with van der Waals surface area (Å²) in [7, 11) is 3.56. The minimum absolute atomic E-state index is 0.0459. The Morgan fingerprint density at radius 2 is 2.12 bits per heavy atom. The van der Waals surface area contributed by atoms with Gasteiger partial charge in [0, 0.05) is 19.7 Å². The van der Waals surface area contributed by atoms with Gasteiger partial charge in [-0.15, -0.1) is 0 Å². The molecule has 1 heterocycles. The van der Waals surface area contributed by atoms with Gasteiger partial charge in [0.1, 0.15) is 0 Å². The lowest BCUT2D eigenvalue weighted by molar-refractivity contribution is -0.142. The molecule has 0 atom stereocenters. The van der Waals surface area contributed by atoms with Crippen LogP contribution in [-0.4, -0.2) is 36.6 Å². The minimum Gasteiger partial charge on any atom is -0.466 e. The van der Waals surface area contributed by atoms with Crippen molar-refractivity contribution in [3.8, 4) is 0 Å². The SMILES string of the molecule is CCOC(=O)Cc1c(C)nc(N(C)C)[nH]c1=O. The standard InChI is InChI=1S/C11H17N3O3/c1-5-17-9(15)6-8-7(2)12-11(14(3)4)13-10(8)16/h5-6H2,1-4H3,(H,12,13,16). The van der Waals surface area contributed by atoms with Gasteiger partial charge in [0.15, 0.2) is 0 Å². The van der Waals surface area contributed by atoms with Gasteiger partial charge in [-0.05, 0) is 13.8 Å². The van der Waals surface area contributed by atoms with Gasteiger partial charge in [0.25, 0.3) is 5.56 Å². The Morgan fingerprint density at radius 3 is 2.59 bits per heavy atom. The average molecular weight is 239 g/mol. The second kappa shape index (κ2) is 5.47. The van der Waals surface area contributed by atoms with Crippen molar-refractivity contribution in [1.29, 1.82) is 0 Å². The van der Waals surface area contributed by atoms with Crippen LogP contribution in [0.25, 0.3) is 0 Å². The van der Waals surface area contributed by atoms with Crippen molar-refractivity contribution in [2.75, 3.05) is 25.6 Å². The van der Waals surface area contributed by atoms with Gasteiger partial charge in [-0.25, -0.2) is 4.98 Å². The van der Waals surface area contributed by atoms with Crippen LogP contribution in [0.3, 0.4) is 0 Å². The molecule has 0 aliphatic heterocycles. The van der Waals surface area contributed by atoms with Crippen molar-refractivity contribution < 1.29 is 9.53 Å². The van der Waals surface area contributed by atoms with E-state index in [-0.39, 0.29) is 12.0 Å². The molecule has 6 heteroatoms. The fraction of sp³-hybridized carbons (Fsp3) is 0.545. The first-order valence-corrected chi connectivity index (χ1v) is 5.38. The molecule has 0 saturated heterocycles. The monoisotopic (exact) mass is 239 g/mol. The normalized spacial score (nSPS) is 10.1. The Labute approximate surface area is 99.6 Å². The van der Waals surface area contributed by atoms with E-state index < -0.39 is 5.97 Å². The molecular weight excluding hydrogens is 222 g/mol. The molecule has 94 valence electrons. The molecule has 1 aromatic heterocycles. The van der Waals surface area contributed by atoms with Crippen LogP contribution in [0.1, 0.15) is 18.2 Å². The first kappa shape index (κ1) is 13.2. The number of carbonyl (C=O) groups excluding carboxylic acids is 1. The van der Waals surface area contributed by atoms with E-state index in [4.69, 9.17) is 4.74 Å². The number of aromatic amines is 1. The highest BCUT2D eigenvalue weighted by Gasteiger charge is 2.13. The van der Waals surface area contributed by atoms with Gasteiger partial charge in [0.2, 0.25) is 5.95 Å². The van der Waals surface area contributed by atoms with E-state index in [1.54, 1.807) is 32.8 Å². The smallest absolute Gasteiger partial charge is 0.310 e. The molecule has 0 saturated carbocycles. The Morgan fingerprint density at radius 1 is 1.47 bits per heavy atom. The number of H-pyrrole nitrogens is 1. The molecular formula is C11H17N3O3. The molecule has 1 N–H and O–H groups in total. The lowest BCUT2D eigenvalue weighted by Gasteiger charge is -2.12. The summed E-state index contributed by atoms with van der Waals surface area (Å²) in [5.74, 6) is 0.0561. The van der Waals surface area contributed by atoms with Crippen LogP contribution in [-0.2, 0) is 16.0 Å². The van der Waals surface area contributed by atoms with E-state index >= 15 is 0 Å². The molecule has 0 fully saturated rings. The number of aromatic nitrogens is 2. The number of rotatable bonds is 4. The molecule has 0 aliphatic carbocycles. The molecule has 1 aromatic rings. The number of hydrogen-bond acceptors (Lipinski definition) is 5. The lowest BCUT2D eigenvalue weighted by Crippen LogP contribution is -2.25. The van der Waals surface area contributed by atoms with Gasteiger partial charge >= 0.3 is 5.97 Å². The summed E-state index contributed by atoms with van der Waals surface area (Å²) in [5.41, 5.74) is 0.605. The maximum absolute atomic E-state index is 11.8. The molecule has 17 heavy (non-hydrogen) atoms. The van der Waals surface area contributed by atoms with Gasteiger partial charge in [-0.1, -0.05) is 0 Å². The predicted molar refractivity (Wildman–Crippen MR) is 64.3 cm³/mol. The lowest BCUT2D eigenvalue weighted by atomic mass is 10.2. The Hall–Kier alpha value is -1.85. The molecule has 0 unspecified atom stereocenters. The molecule has 6 nitrogen and oxygen atoms in total. The Kier molecular flexibility index (Phi) is 4.25. The highest BCUT2D eigenvalue weighted by Crippen LogP contribution is 2.06. The number of nitrogens with zero attached hydrogens (tertiary/aromatic N) is 2. The van der Waals surface area contributed by atoms with Crippen molar-refractivity contribution >= 4 is 11.9 Å². The third kappa shape index (κ3) is 3.30. The van der Waals surface area contributed by atoms with Crippen molar-refractivity contribution in [2.45, 2.75) is 20.3 Å². The Bertz CT molecular complexity index is 466. The summed E-state index contributed by atoms with van der Waals surface area (Å²) >= 11 is 0. The molecule has 0 radical (unpaired) electrons. The van der Waals surface area contributed by atoms with Crippen LogP contribution in [0.4, 0.5) is 5.95 Å². The first-order chi connectivity index (χ1) is 7.95. The van der Waals surface area contributed by atoms with E-state index in [0.717, 1.165) is 0 Å². The maximum Gasteiger partial charge on any atom is 0.310 e. The highest BCUT2D eigenvalue weighted by molar-refractivity contribution is 5.72. The second-order valence-electron chi connectivity index (χ2n) is 3.83. The molecule has 0 aliphatic rings. The van der Waals surface area contributed by atoms with E-state index in [9.17, 15) is 9.59 Å². The van der Waals surface area contributed by atoms with E-state index in [1.807, 2.05) is 0 Å². The largest absolute Gasteiger partial charge is 0.466 e. The van der Waals surface area contributed by atoms with Crippen molar-refractivity contribution in [3.05, 3.63) is 21.6 Å². The number of nitrogens with one attached hydrogen (secondary N) is 1. The van der Waals surface area contributed by atoms with Crippen LogP contribution in [0.2, 0.25) is 0 Å². The zero-order valence-electron chi connectivity index (χ0n) is 10.5. The van der Waals surface area contributed by atoms with Gasteiger partial charge < -0.3 is 9.64 Å². The van der Waals surface area contributed by atoms with Crippen LogP contribution in [0.5, 0.6) is 0 Å². The van der Waals surface area contributed by atoms with E-state index in [0.29, 0.717) is 23.8 Å². The van der Waals surface area contributed by atoms with Crippen molar-refractivity contribution in [1.82, 2.24) is 9.97 Å². The highest BCUT2D eigenvalue weighted by atomic mass is 16.5. The third-order valence-corrected chi connectivity index (χ3v) is 2.26. The predicted octanol–water partition coefficient (Wildman–Crippen LogP) is 0.250. The zero-order chi connectivity index (χ0) is 13.0. The van der Waals surface area contributed by atoms with Crippen LogP contribution < -0.4 is 10.5 Å².